The average Bonchev–Trinajstić information content (AvgIpc) is 3.17. The van der Waals surface area contributed by atoms with Gasteiger partial charge in [-0.3, -0.25) is 4.99 Å². The van der Waals surface area contributed by atoms with Crippen LogP contribution in [0.5, 0.6) is 0 Å². The zero-order valence-corrected chi connectivity index (χ0v) is 13.7. The lowest BCUT2D eigenvalue weighted by Crippen LogP contribution is -2.41. The first-order chi connectivity index (χ1) is 11.1. The van der Waals surface area contributed by atoms with Crippen LogP contribution in [0.2, 0.25) is 0 Å². The molecular weight excluding hydrogens is 296 g/mol. The molecule has 1 aromatic rings. The first kappa shape index (κ1) is 16.2. The van der Waals surface area contributed by atoms with Gasteiger partial charge in [0.05, 0.1) is 0 Å². The van der Waals surface area contributed by atoms with Crippen LogP contribution in [0.25, 0.3) is 0 Å². The minimum Gasteiger partial charge on any atom is -0.356 e. The maximum atomic E-state index is 13.6. The molecule has 0 unspecified atom stereocenters. The van der Waals surface area contributed by atoms with Gasteiger partial charge in [-0.05, 0) is 43.2 Å². The number of nitrogens with zero attached hydrogens (tertiary/aromatic N) is 2. The van der Waals surface area contributed by atoms with Crippen LogP contribution in [-0.4, -0.2) is 37.5 Å². The Morgan fingerprint density at radius 3 is 2.57 bits per heavy atom. The molecule has 3 nitrogen and oxygen atoms in total. The van der Waals surface area contributed by atoms with E-state index in [1.807, 2.05) is 0 Å². The third kappa shape index (κ3) is 3.48. The molecule has 3 rings (SSSR count). The van der Waals surface area contributed by atoms with Gasteiger partial charge in [-0.2, -0.15) is 0 Å². The van der Waals surface area contributed by atoms with Crippen LogP contribution in [0, 0.1) is 17.0 Å². The van der Waals surface area contributed by atoms with Crippen molar-refractivity contribution in [2.75, 3.05) is 26.7 Å². The largest absolute Gasteiger partial charge is 0.356 e. The third-order valence-electron chi connectivity index (χ3n) is 5.33. The quantitative estimate of drug-likeness (QED) is 0.683. The van der Waals surface area contributed by atoms with Gasteiger partial charge in [0.2, 0.25) is 0 Å². The number of benzene rings is 1. The zero-order valence-electron chi connectivity index (χ0n) is 13.7. The van der Waals surface area contributed by atoms with Crippen LogP contribution in [0.1, 0.15) is 37.7 Å². The number of hydrogen-bond donors (Lipinski definition) is 1. The third-order valence-corrected chi connectivity index (χ3v) is 5.33. The fraction of sp³-hybridized carbons (Fsp3) is 0.611. The highest BCUT2D eigenvalue weighted by molar-refractivity contribution is 5.80. The summed E-state index contributed by atoms with van der Waals surface area (Å²) < 4.78 is 27.3. The smallest absolute Gasteiger partial charge is 0.193 e. The van der Waals surface area contributed by atoms with E-state index in [1.165, 1.54) is 50.3 Å². The summed E-state index contributed by atoms with van der Waals surface area (Å²) in [6, 6.07) is 4.00. The molecule has 1 saturated carbocycles. The van der Waals surface area contributed by atoms with Crippen molar-refractivity contribution in [1.29, 1.82) is 0 Å². The van der Waals surface area contributed by atoms with Gasteiger partial charge in [0.15, 0.2) is 5.96 Å². The van der Waals surface area contributed by atoms with Crippen LogP contribution in [0.3, 0.4) is 0 Å². The van der Waals surface area contributed by atoms with Crippen LogP contribution >= 0.6 is 0 Å². The minimum absolute atomic E-state index is 0.143. The van der Waals surface area contributed by atoms with E-state index in [-0.39, 0.29) is 5.56 Å². The van der Waals surface area contributed by atoms with Crippen molar-refractivity contribution < 1.29 is 8.78 Å². The summed E-state index contributed by atoms with van der Waals surface area (Å²) in [6.45, 7) is 2.56. The van der Waals surface area contributed by atoms with Crippen molar-refractivity contribution in [3.8, 4) is 0 Å². The molecule has 1 aliphatic heterocycles. The van der Waals surface area contributed by atoms with E-state index >= 15 is 0 Å². The highest BCUT2D eigenvalue weighted by atomic mass is 19.1. The lowest BCUT2D eigenvalue weighted by atomic mass is 9.86. The first-order valence-electron chi connectivity index (χ1n) is 8.52. The van der Waals surface area contributed by atoms with E-state index < -0.39 is 11.6 Å². The predicted molar refractivity (Wildman–Crippen MR) is 88.5 cm³/mol. The predicted octanol–water partition coefficient (Wildman–Crippen LogP) is 3.35. The highest BCUT2D eigenvalue weighted by Gasteiger charge is 2.40. The fourth-order valence-electron chi connectivity index (χ4n) is 4.05. The number of aliphatic imine (C=N–C) groups is 1. The maximum absolute atomic E-state index is 13.6. The van der Waals surface area contributed by atoms with Crippen LogP contribution in [-0.2, 0) is 6.42 Å². The first-order valence-corrected chi connectivity index (χ1v) is 8.52. The van der Waals surface area contributed by atoms with Crippen molar-refractivity contribution in [3.05, 3.63) is 35.4 Å². The molecule has 0 atom stereocenters. The maximum Gasteiger partial charge on any atom is 0.193 e. The number of guanidine groups is 1. The standard InChI is InChI=1S/C18H25F2N3/c1-21-17(23-12-10-18(13-23)8-2-3-9-18)22-11-7-14-15(19)5-4-6-16(14)20/h4-6H,2-3,7-13H2,1H3,(H,21,22). The average molecular weight is 321 g/mol. The molecule has 1 aromatic carbocycles. The Morgan fingerprint density at radius 2 is 1.91 bits per heavy atom. The molecular formula is C18H25F2N3. The summed E-state index contributed by atoms with van der Waals surface area (Å²) in [5.41, 5.74) is 0.624. The number of rotatable bonds is 3. The van der Waals surface area contributed by atoms with E-state index in [4.69, 9.17) is 0 Å². The van der Waals surface area contributed by atoms with Crippen molar-refractivity contribution in [2.45, 2.75) is 38.5 Å². The lowest BCUT2D eigenvalue weighted by molar-refractivity contribution is 0.309. The normalized spacial score (nSPS) is 20.5. The van der Waals surface area contributed by atoms with E-state index in [1.54, 1.807) is 7.05 Å². The van der Waals surface area contributed by atoms with Crippen molar-refractivity contribution in [3.63, 3.8) is 0 Å². The Bertz CT molecular complexity index is 559. The molecule has 0 amide bonds. The molecule has 1 saturated heterocycles. The summed E-state index contributed by atoms with van der Waals surface area (Å²) in [5, 5.41) is 3.26. The van der Waals surface area contributed by atoms with E-state index in [2.05, 4.69) is 15.2 Å². The molecule has 0 radical (unpaired) electrons. The Balaban J connectivity index is 1.55. The van der Waals surface area contributed by atoms with Gasteiger partial charge >= 0.3 is 0 Å². The molecule has 0 bridgehead atoms. The molecule has 1 N–H and O–H groups in total. The van der Waals surface area contributed by atoms with Crippen molar-refractivity contribution >= 4 is 5.96 Å². The van der Waals surface area contributed by atoms with Crippen molar-refractivity contribution in [2.24, 2.45) is 10.4 Å². The summed E-state index contributed by atoms with van der Waals surface area (Å²) >= 11 is 0. The molecule has 1 aliphatic carbocycles. The fourth-order valence-corrected chi connectivity index (χ4v) is 4.05. The number of hydrogen-bond acceptors (Lipinski definition) is 1. The SMILES string of the molecule is CN=C(NCCc1c(F)cccc1F)N1CCC2(CCCC2)C1. The molecule has 126 valence electrons. The van der Waals surface area contributed by atoms with Gasteiger partial charge in [0, 0.05) is 32.2 Å². The van der Waals surface area contributed by atoms with Gasteiger partial charge in [-0.1, -0.05) is 18.9 Å². The second-order valence-corrected chi connectivity index (χ2v) is 6.80. The molecule has 2 aliphatic rings. The Hall–Kier alpha value is -1.65. The van der Waals surface area contributed by atoms with Crippen LogP contribution < -0.4 is 5.32 Å². The van der Waals surface area contributed by atoms with Crippen LogP contribution in [0.15, 0.2) is 23.2 Å². The second-order valence-electron chi connectivity index (χ2n) is 6.80. The monoisotopic (exact) mass is 321 g/mol. The summed E-state index contributed by atoms with van der Waals surface area (Å²) in [7, 11) is 1.77. The number of halogens is 2. The highest BCUT2D eigenvalue weighted by Crippen LogP contribution is 2.45. The van der Waals surface area contributed by atoms with E-state index in [0.717, 1.165) is 19.0 Å². The Labute approximate surface area is 136 Å². The molecule has 0 aromatic heterocycles. The van der Waals surface area contributed by atoms with Gasteiger partial charge in [0.1, 0.15) is 11.6 Å². The number of likely N-dealkylation sites (tertiary alicyclic amines) is 1. The molecule has 2 fully saturated rings. The Morgan fingerprint density at radius 1 is 1.22 bits per heavy atom. The zero-order chi connectivity index (χ0) is 16.3. The van der Waals surface area contributed by atoms with E-state index in [0.29, 0.717) is 18.4 Å². The second kappa shape index (κ2) is 6.85. The van der Waals surface area contributed by atoms with Crippen molar-refractivity contribution in [1.82, 2.24) is 10.2 Å². The van der Waals surface area contributed by atoms with Gasteiger partial charge in [0.25, 0.3) is 0 Å². The molecule has 1 spiro atoms. The number of nitrogens with one attached hydrogen (secondary N) is 1. The lowest BCUT2D eigenvalue weighted by Gasteiger charge is -2.26. The van der Waals surface area contributed by atoms with Gasteiger partial charge in [-0.15, -0.1) is 0 Å². The summed E-state index contributed by atoms with van der Waals surface area (Å²) in [4.78, 5) is 6.64. The van der Waals surface area contributed by atoms with Gasteiger partial charge in [-0.25, -0.2) is 8.78 Å². The minimum atomic E-state index is -0.479. The van der Waals surface area contributed by atoms with E-state index in [9.17, 15) is 8.78 Å². The summed E-state index contributed by atoms with van der Waals surface area (Å²) in [5.74, 6) is -0.105. The van der Waals surface area contributed by atoms with Crippen LogP contribution in [0.4, 0.5) is 8.78 Å². The molecule has 1 heterocycles. The molecule has 5 heteroatoms. The molecule has 23 heavy (non-hydrogen) atoms. The Kier molecular flexibility index (Phi) is 4.83. The van der Waals surface area contributed by atoms with Gasteiger partial charge < -0.3 is 10.2 Å². The topological polar surface area (TPSA) is 27.6 Å². The summed E-state index contributed by atoms with van der Waals surface area (Å²) in [6.07, 6.45) is 6.87.